The largest absolute Gasteiger partial charge is 0.497 e. The van der Waals surface area contributed by atoms with Crippen molar-refractivity contribution in [3.8, 4) is 17.2 Å². The third kappa shape index (κ3) is 9.24. The van der Waals surface area contributed by atoms with E-state index in [0.717, 1.165) is 11.1 Å². The molecule has 0 radical (unpaired) electrons. The molecule has 43 heavy (non-hydrogen) atoms. The Morgan fingerprint density at radius 3 is 2.28 bits per heavy atom. The number of aliphatic hydroxyl groups excluding tert-OH is 1. The van der Waals surface area contributed by atoms with Gasteiger partial charge in [-0.3, -0.25) is 9.10 Å². The molecule has 3 aromatic carbocycles. The maximum Gasteiger partial charge on any atom is 0.251 e. The molecular formula is C31H40ClN3O7S. The fraction of sp³-hybridized carbons (Fsp3) is 0.387. The van der Waals surface area contributed by atoms with Gasteiger partial charge in [-0.1, -0.05) is 30.3 Å². The number of carbonyl (C=O) groups excluding carboxylic acids is 1. The summed E-state index contributed by atoms with van der Waals surface area (Å²) in [6, 6.07) is 19.3. The summed E-state index contributed by atoms with van der Waals surface area (Å²) in [4.78, 5) is 13.6. The topological polar surface area (TPSA) is 126 Å². The number of amides is 1. The Balaban J connectivity index is 0.00000506. The molecule has 1 aliphatic heterocycles. The SMILES string of the molecule is CCOc1cc(C(=O)N[C@@H](Cc2ccccc2)[C@H](O)CNCc2cc(OC)cc(OC)c2)cc(N2CCCS2(=O)=O)c1.Cl. The summed E-state index contributed by atoms with van der Waals surface area (Å²) in [6.07, 6.45) is -0.0278. The Morgan fingerprint density at radius 1 is 0.977 bits per heavy atom. The zero-order valence-corrected chi connectivity index (χ0v) is 26.2. The molecule has 2 atom stereocenters. The first-order valence-corrected chi connectivity index (χ1v) is 15.6. The smallest absolute Gasteiger partial charge is 0.251 e. The highest BCUT2D eigenvalue weighted by atomic mass is 35.5. The molecule has 1 saturated heterocycles. The molecule has 234 valence electrons. The van der Waals surface area contributed by atoms with Crippen LogP contribution in [0.1, 0.15) is 34.8 Å². The van der Waals surface area contributed by atoms with Crippen LogP contribution in [0.2, 0.25) is 0 Å². The zero-order valence-electron chi connectivity index (χ0n) is 24.6. The average Bonchev–Trinajstić information content (AvgIpc) is 3.35. The van der Waals surface area contributed by atoms with Gasteiger partial charge in [-0.2, -0.15) is 0 Å². The molecule has 10 nitrogen and oxygen atoms in total. The molecule has 1 fully saturated rings. The van der Waals surface area contributed by atoms with Crippen LogP contribution in [0.4, 0.5) is 5.69 Å². The van der Waals surface area contributed by atoms with Crippen LogP contribution in [0.25, 0.3) is 0 Å². The van der Waals surface area contributed by atoms with E-state index in [4.69, 9.17) is 14.2 Å². The van der Waals surface area contributed by atoms with Crippen LogP contribution in [0.5, 0.6) is 17.2 Å². The second kappa shape index (κ2) is 15.8. The number of hydrogen-bond acceptors (Lipinski definition) is 8. The summed E-state index contributed by atoms with van der Waals surface area (Å²) >= 11 is 0. The first-order chi connectivity index (χ1) is 20.2. The van der Waals surface area contributed by atoms with Gasteiger partial charge < -0.3 is 30.0 Å². The second-order valence-corrected chi connectivity index (χ2v) is 12.1. The lowest BCUT2D eigenvalue weighted by Gasteiger charge is -2.25. The molecule has 3 N–H and O–H groups in total. The molecule has 12 heteroatoms. The van der Waals surface area contributed by atoms with Crippen molar-refractivity contribution in [1.82, 2.24) is 10.6 Å². The first-order valence-electron chi connectivity index (χ1n) is 14.0. The summed E-state index contributed by atoms with van der Waals surface area (Å²) in [7, 11) is -0.278. The first kappa shape index (κ1) is 34.0. The normalized spacial score (nSPS) is 15.2. The van der Waals surface area contributed by atoms with Gasteiger partial charge in [-0.15, -0.1) is 12.4 Å². The number of aliphatic hydroxyl groups is 1. The van der Waals surface area contributed by atoms with E-state index in [1.165, 1.54) is 4.31 Å². The monoisotopic (exact) mass is 633 g/mol. The van der Waals surface area contributed by atoms with Gasteiger partial charge in [-0.25, -0.2) is 8.42 Å². The molecular weight excluding hydrogens is 594 g/mol. The molecule has 3 aromatic rings. The van der Waals surface area contributed by atoms with Crippen LogP contribution in [-0.2, 0) is 23.0 Å². The van der Waals surface area contributed by atoms with Crippen LogP contribution < -0.4 is 29.1 Å². The van der Waals surface area contributed by atoms with Crippen LogP contribution in [0.15, 0.2) is 66.7 Å². The van der Waals surface area contributed by atoms with Crippen molar-refractivity contribution in [2.24, 2.45) is 0 Å². The molecule has 0 aromatic heterocycles. The summed E-state index contributed by atoms with van der Waals surface area (Å²) in [5, 5.41) is 17.5. The number of sulfonamides is 1. The Morgan fingerprint density at radius 2 is 1.67 bits per heavy atom. The fourth-order valence-corrected chi connectivity index (χ4v) is 6.46. The standard InChI is InChI=1S/C31H39N3O7S.ClH/c1-4-41-28-17-24(16-25(18-28)34-11-8-12-42(34,37)38)31(36)33-29(15-22-9-6-5-7-10-22)30(35)21-32-20-23-13-26(39-2)19-27(14-23)40-3;/h5-7,9-10,13-14,16-19,29-30,32,35H,4,8,11-12,15,20-21H2,1-3H3,(H,33,36);1H/t29-,30+;/m0./s1. The highest BCUT2D eigenvalue weighted by Gasteiger charge is 2.30. The number of methoxy groups -OCH3 is 2. The van der Waals surface area contributed by atoms with Crippen molar-refractivity contribution in [2.45, 2.75) is 38.5 Å². The van der Waals surface area contributed by atoms with Crippen molar-refractivity contribution in [3.63, 3.8) is 0 Å². The van der Waals surface area contributed by atoms with Crippen LogP contribution >= 0.6 is 12.4 Å². The predicted octanol–water partition coefficient (Wildman–Crippen LogP) is 3.56. The van der Waals surface area contributed by atoms with Gasteiger partial charge in [0.1, 0.15) is 17.2 Å². The molecule has 1 amide bonds. The molecule has 1 aliphatic rings. The Kier molecular flexibility index (Phi) is 12.5. The van der Waals surface area contributed by atoms with Crippen LogP contribution in [0.3, 0.4) is 0 Å². The molecule has 0 unspecified atom stereocenters. The molecule has 0 spiro atoms. The summed E-state index contributed by atoms with van der Waals surface area (Å²) < 4.78 is 42.8. The van der Waals surface area contributed by atoms with Gasteiger partial charge in [0.15, 0.2) is 0 Å². The van der Waals surface area contributed by atoms with Crippen molar-refractivity contribution in [1.29, 1.82) is 0 Å². The third-order valence-corrected chi connectivity index (χ3v) is 8.89. The minimum Gasteiger partial charge on any atom is -0.497 e. The minimum atomic E-state index is -3.45. The van der Waals surface area contributed by atoms with Gasteiger partial charge in [-0.05, 0) is 55.2 Å². The molecule has 0 saturated carbocycles. The van der Waals surface area contributed by atoms with Crippen molar-refractivity contribution in [3.05, 3.63) is 83.4 Å². The zero-order chi connectivity index (χ0) is 30.1. The van der Waals surface area contributed by atoms with Gasteiger partial charge in [0.05, 0.1) is 44.4 Å². The van der Waals surface area contributed by atoms with E-state index in [2.05, 4.69) is 10.6 Å². The van der Waals surface area contributed by atoms with Crippen molar-refractivity contribution >= 4 is 34.0 Å². The highest BCUT2D eigenvalue weighted by Crippen LogP contribution is 2.30. The summed E-state index contributed by atoms with van der Waals surface area (Å²) in [5.41, 5.74) is 2.50. The lowest BCUT2D eigenvalue weighted by molar-refractivity contribution is 0.0829. The average molecular weight is 634 g/mol. The Hall–Kier alpha value is -3.51. The lowest BCUT2D eigenvalue weighted by Crippen LogP contribution is -2.48. The molecule has 0 aliphatic carbocycles. The number of carbonyl (C=O) groups is 1. The highest BCUT2D eigenvalue weighted by molar-refractivity contribution is 7.93. The summed E-state index contributed by atoms with van der Waals surface area (Å²) in [5.74, 6) is 1.35. The van der Waals surface area contributed by atoms with E-state index >= 15 is 0 Å². The number of ether oxygens (including phenoxy) is 3. The number of halogens is 1. The predicted molar refractivity (Wildman–Crippen MR) is 169 cm³/mol. The van der Waals surface area contributed by atoms with Crippen molar-refractivity contribution in [2.75, 3.05) is 44.0 Å². The van der Waals surface area contributed by atoms with E-state index in [-0.39, 0.29) is 30.3 Å². The quantitative estimate of drug-likeness (QED) is 0.246. The van der Waals surface area contributed by atoms with Gasteiger partial charge in [0.25, 0.3) is 5.91 Å². The number of hydrogen-bond donors (Lipinski definition) is 3. The van der Waals surface area contributed by atoms with E-state index in [0.29, 0.717) is 55.5 Å². The Labute approximate surface area is 259 Å². The third-order valence-electron chi connectivity index (χ3n) is 7.02. The Bertz CT molecular complexity index is 1430. The molecule has 1 heterocycles. The summed E-state index contributed by atoms with van der Waals surface area (Å²) in [6.45, 7) is 3.17. The molecule has 0 bridgehead atoms. The van der Waals surface area contributed by atoms with E-state index < -0.39 is 28.1 Å². The van der Waals surface area contributed by atoms with E-state index in [1.54, 1.807) is 38.5 Å². The molecule has 4 rings (SSSR count). The number of rotatable bonds is 14. The second-order valence-electron chi connectivity index (χ2n) is 10.1. The van der Waals surface area contributed by atoms with Gasteiger partial charge >= 0.3 is 0 Å². The maximum absolute atomic E-state index is 13.6. The fourth-order valence-electron chi connectivity index (χ4n) is 4.92. The number of anilines is 1. The lowest BCUT2D eigenvalue weighted by atomic mass is 10.00. The van der Waals surface area contributed by atoms with Gasteiger partial charge in [0.2, 0.25) is 10.0 Å². The van der Waals surface area contributed by atoms with Gasteiger partial charge in [0, 0.05) is 37.3 Å². The van der Waals surface area contributed by atoms with E-state index in [1.807, 2.05) is 49.4 Å². The van der Waals surface area contributed by atoms with E-state index in [9.17, 15) is 18.3 Å². The number of benzene rings is 3. The van der Waals surface area contributed by atoms with Crippen molar-refractivity contribution < 1.29 is 32.5 Å². The van der Waals surface area contributed by atoms with Crippen LogP contribution in [0, 0.1) is 0 Å². The number of nitrogens with zero attached hydrogens (tertiary/aromatic N) is 1. The maximum atomic E-state index is 13.6. The minimum absolute atomic E-state index is 0. The number of nitrogens with one attached hydrogen (secondary N) is 2. The van der Waals surface area contributed by atoms with Crippen LogP contribution in [-0.4, -0.2) is 71.2 Å².